The summed E-state index contributed by atoms with van der Waals surface area (Å²) in [6.07, 6.45) is 5.22. The summed E-state index contributed by atoms with van der Waals surface area (Å²) in [6.45, 7) is 0.412. The molecule has 0 aliphatic heterocycles. The molecule has 3 aromatic rings. The Morgan fingerprint density at radius 2 is 1.91 bits per heavy atom. The number of sulfonamides is 1. The van der Waals surface area contributed by atoms with E-state index in [1.165, 1.54) is 43.0 Å². The lowest BCUT2D eigenvalue weighted by molar-refractivity contribution is 0.0951. The molecule has 0 saturated heterocycles. The molecule has 1 aromatic carbocycles. The number of rotatable bonds is 8. The van der Waals surface area contributed by atoms with E-state index in [0.29, 0.717) is 11.4 Å². The molecule has 1 aliphatic rings. The number of benzene rings is 1. The van der Waals surface area contributed by atoms with Gasteiger partial charge < -0.3 is 5.32 Å². The highest BCUT2D eigenvalue weighted by molar-refractivity contribution is 7.89. The van der Waals surface area contributed by atoms with E-state index in [2.05, 4.69) is 15.4 Å². The van der Waals surface area contributed by atoms with Crippen molar-refractivity contribution in [3.8, 4) is 11.4 Å². The minimum atomic E-state index is -3.56. The Bertz CT molecular complexity index is 1280. The molecular formula is C21H24N6O4S. The normalized spacial score (nSPS) is 14.0. The Morgan fingerprint density at radius 3 is 2.50 bits per heavy atom. The second-order valence-corrected chi connectivity index (χ2v) is 9.89. The Kier molecular flexibility index (Phi) is 5.94. The lowest BCUT2D eigenvalue weighted by atomic mass is 10.2. The summed E-state index contributed by atoms with van der Waals surface area (Å²) in [5.41, 5.74) is 0.889. The fraction of sp³-hybridized carbons (Fsp3) is 0.333. The van der Waals surface area contributed by atoms with Crippen LogP contribution < -0.4 is 11.0 Å². The smallest absolute Gasteiger partial charge is 0.346 e. The zero-order valence-corrected chi connectivity index (χ0v) is 18.6. The molecule has 0 unspecified atom stereocenters. The molecule has 0 radical (unpaired) electrons. The van der Waals surface area contributed by atoms with Gasteiger partial charge >= 0.3 is 5.69 Å². The Labute approximate surface area is 185 Å². The Balaban J connectivity index is 1.44. The van der Waals surface area contributed by atoms with Gasteiger partial charge in [0.2, 0.25) is 10.0 Å². The molecule has 10 nitrogen and oxygen atoms in total. The van der Waals surface area contributed by atoms with Gasteiger partial charge in [0.25, 0.3) is 5.91 Å². The number of carbonyl (C=O) groups is 1. The first kappa shape index (κ1) is 21.9. The highest BCUT2D eigenvalue weighted by Crippen LogP contribution is 2.36. The molecule has 1 amide bonds. The zero-order chi connectivity index (χ0) is 22.9. The van der Waals surface area contributed by atoms with E-state index in [1.54, 1.807) is 23.0 Å². The molecule has 2 aromatic heterocycles. The van der Waals surface area contributed by atoms with Crippen LogP contribution in [0.25, 0.3) is 11.4 Å². The van der Waals surface area contributed by atoms with Crippen LogP contribution in [0.2, 0.25) is 0 Å². The van der Waals surface area contributed by atoms with E-state index in [0.717, 1.165) is 22.7 Å². The van der Waals surface area contributed by atoms with Gasteiger partial charge in [0.15, 0.2) is 5.82 Å². The lowest BCUT2D eigenvalue weighted by Crippen LogP contribution is -2.32. The maximum Gasteiger partial charge on any atom is 0.346 e. The summed E-state index contributed by atoms with van der Waals surface area (Å²) in [5, 5.41) is 7.22. The molecule has 4 rings (SSSR count). The zero-order valence-electron chi connectivity index (χ0n) is 17.8. The summed E-state index contributed by atoms with van der Waals surface area (Å²) in [5.74, 6) is 0.218. The van der Waals surface area contributed by atoms with Crippen molar-refractivity contribution in [2.45, 2.75) is 30.3 Å². The van der Waals surface area contributed by atoms with E-state index in [-0.39, 0.29) is 35.6 Å². The Hall–Kier alpha value is -3.31. The molecule has 168 valence electrons. The van der Waals surface area contributed by atoms with Crippen molar-refractivity contribution in [1.82, 2.24) is 29.0 Å². The quantitative estimate of drug-likeness (QED) is 0.543. The highest BCUT2D eigenvalue weighted by atomic mass is 32.2. The second-order valence-electron chi connectivity index (χ2n) is 7.74. The first-order valence-electron chi connectivity index (χ1n) is 10.2. The van der Waals surface area contributed by atoms with Gasteiger partial charge in [0.05, 0.1) is 11.4 Å². The average Bonchev–Trinajstić information content (AvgIpc) is 3.58. The van der Waals surface area contributed by atoms with Crippen molar-refractivity contribution in [3.05, 3.63) is 64.8 Å². The van der Waals surface area contributed by atoms with E-state index < -0.39 is 10.0 Å². The van der Waals surface area contributed by atoms with Crippen molar-refractivity contribution in [3.63, 3.8) is 0 Å². The van der Waals surface area contributed by atoms with Gasteiger partial charge in [-0.3, -0.25) is 14.3 Å². The van der Waals surface area contributed by atoms with Crippen molar-refractivity contribution in [2.24, 2.45) is 0 Å². The molecule has 1 N–H and O–H groups in total. The van der Waals surface area contributed by atoms with Crippen LogP contribution >= 0.6 is 0 Å². The molecule has 0 spiro atoms. The molecule has 0 bridgehead atoms. The van der Waals surface area contributed by atoms with E-state index >= 15 is 0 Å². The number of hydrogen-bond donors (Lipinski definition) is 1. The highest BCUT2D eigenvalue weighted by Gasteiger charge is 2.30. The molecule has 1 saturated carbocycles. The van der Waals surface area contributed by atoms with Gasteiger partial charge in [-0.05, 0) is 49.2 Å². The lowest BCUT2D eigenvalue weighted by Gasteiger charge is -2.11. The van der Waals surface area contributed by atoms with Crippen LogP contribution in [0, 0.1) is 0 Å². The van der Waals surface area contributed by atoms with Crippen LogP contribution in [0.1, 0.15) is 29.2 Å². The van der Waals surface area contributed by atoms with Crippen LogP contribution in [-0.2, 0) is 16.6 Å². The van der Waals surface area contributed by atoms with Gasteiger partial charge in [-0.15, -0.1) is 5.10 Å². The van der Waals surface area contributed by atoms with Crippen molar-refractivity contribution in [1.29, 1.82) is 0 Å². The standard InChI is InChI=1S/C21H24N6O4S/c1-25(2)32(30,31)18-9-5-15(6-10-18)20(28)23-12-13-26-21(29)27(17-7-8-17)19(24-26)16-4-3-11-22-14-16/h3-6,9-11,14,17H,7-8,12-13H2,1-2H3,(H,23,28). The van der Waals surface area contributed by atoms with Gasteiger partial charge in [-0.1, -0.05) is 0 Å². The maximum atomic E-state index is 12.8. The van der Waals surface area contributed by atoms with Gasteiger partial charge in [-0.2, -0.15) is 0 Å². The first-order valence-corrected chi connectivity index (χ1v) is 11.6. The predicted molar refractivity (Wildman–Crippen MR) is 118 cm³/mol. The van der Waals surface area contributed by atoms with E-state index in [9.17, 15) is 18.0 Å². The first-order chi connectivity index (χ1) is 15.3. The fourth-order valence-corrected chi connectivity index (χ4v) is 4.19. The van der Waals surface area contributed by atoms with Crippen LogP contribution in [0.5, 0.6) is 0 Å². The van der Waals surface area contributed by atoms with Crippen LogP contribution in [0.15, 0.2) is 58.5 Å². The Morgan fingerprint density at radius 1 is 1.19 bits per heavy atom. The van der Waals surface area contributed by atoms with Crippen molar-refractivity contribution >= 4 is 15.9 Å². The largest absolute Gasteiger partial charge is 0.350 e. The average molecular weight is 457 g/mol. The minimum Gasteiger partial charge on any atom is -0.350 e. The number of aromatic nitrogens is 4. The fourth-order valence-electron chi connectivity index (χ4n) is 3.29. The number of amides is 1. The molecular weight excluding hydrogens is 432 g/mol. The van der Waals surface area contributed by atoms with Crippen molar-refractivity contribution < 1.29 is 13.2 Å². The van der Waals surface area contributed by atoms with Crippen molar-refractivity contribution in [2.75, 3.05) is 20.6 Å². The number of nitrogens with one attached hydrogen (secondary N) is 1. The number of carbonyl (C=O) groups excluding carboxylic acids is 1. The molecule has 2 heterocycles. The van der Waals surface area contributed by atoms with Crippen LogP contribution in [0.3, 0.4) is 0 Å². The molecule has 11 heteroatoms. The summed E-state index contributed by atoms with van der Waals surface area (Å²) < 4.78 is 28.4. The molecule has 1 aliphatic carbocycles. The monoisotopic (exact) mass is 456 g/mol. The molecule has 0 atom stereocenters. The summed E-state index contributed by atoms with van der Waals surface area (Å²) in [7, 11) is -0.662. The number of hydrogen-bond acceptors (Lipinski definition) is 6. The third-order valence-corrected chi connectivity index (χ3v) is 7.04. The second kappa shape index (κ2) is 8.67. The molecule has 32 heavy (non-hydrogen) atoms. The summed E-state index contributed by atoms with van der Waals surface area (Å²) in [6, 6.07) is 9.52. The predicted octanol–water partition coefficient (Wildman–Crippen LogP) is 1.12. The van der Waals surface area contributed by atoms with Gasteiger partial charge in [-0.25, -0.2) is 22.2 Å². The topological polar surface area (TPSA) is 119 Å². The maximum absolute atomic E-state index is 12.8. The van der Waals surface area contributed by atoms with Gasteiger partial charge in [0.1, 0.15) is 0 Å². The van der Waals surface area contributed by atoms with E-state index in [1.807, 2.05) is 6.07 Å². The third-order valence-electron chi connectivity index (χ3n) is 5.21. The summed E-state index contributed by atoms with van der Waals surface area (Å²) >= 11 is 0. The number of pyridine rings is 1. The SMILES string of the molecule is CN(C)S(=O)(=O)c1ccc(C(=O)NCCn2nc(-c3cccnc3)n(C3CC3)c2=O)cc1. The minimum absolute atomic E-state index is 0.110. The van der Waals surface area contributed by atoms with Crippen LogP contribution in [-0.4, -0.2) is 58.6 Å². The third kappa shape index (κ3) is 4.34. The van der Waals surface area contributed by atoms with E-state index in [4.69, 9.17) is 0 Å². The van der Waals surface area contributed by atoms with Gasteiger partial charge in [0, 0.05) is 50.2 Å². The number of nitrogens with zero attached hydrogens (tertiary/aromatic N) is 5. The summed E-state index contributed by atoms with van der Waals surface area (Å²) in [4.78, 5) is 29.5. The van der Waals surface area contributed by atoms with Crippen LogP contribution in [0.4, 0.5) is 0 Å². The molecule has 1 fully saturated rings.